The first kappa shape index (κ1) is 15.5. The third-order valence-electron chi connectivity index (χ3n) is 2.64. The van der Waals surface area contributed by atoms with Crippen molar-refractivity contribution in [2.24, 2.45) is 10.2 Å². The van der Waals surface area contributed by atoms with E-state index in [0.29, 0.717) is 0 Å². The van der Waals surface area contributed by atoms with Crippen LogP contribution in [0.25, 0.3) is 6.08 Å². The minimum atomic E-state index is 0.842. The molecule has 0 atom stereocenters. The van der Waals surface area contributed by atoms with Crippen molar-refractivity contribution in [1.29, 1.82) is 0 Å². The summed E-state index contributed by atoms with van der Waals surface area (Å²) in [6.45, 7) is 0. The van der Waals surface area contributed by atoms with Crippen LogP contribution >= 0.6 is 23.1 Å². The first-order chi connectivity index (χ1) is 10.3. The summed E-state index contributed by atoms with van der Waals surface area (Å²) in [7, 11) is 1.66. The number of ether oxygens (including phenoxy) is 1. The Kier molecular flexibility index (Phi) is 6.24. The van der Waals surface area contributed by atoms with Crippen molar-refractivity contribution in [3.8, 4) is 5.75 Å². The number of allylic oxidation sites excluding steroid dienone is 1. The average Bonchev–Trinajstić information content (AvgIpc) is 3.05. The molecule has 1 aromatic heterocycles. The van der Waals surface area contributed by atoms with E-state index in [9.17, 15) is 0 Å². The molecule has 3 nitrogen and oxygen atoms in total. The van der Waals surface area contributed by atoms with E-state index in [1.165, 1.54) is 0 Å². The molecule has 2 rings (SSSR count). The maximum Gasteiger partial charge on any atom is 0.136 e. The summed E-state index contributed by atoms with van der Waals surface area (Å²) in [5, 5.41) is 11.3. The van der Waals surface area contributed by atoms with E-state index in [0.717, 1.165) is 21.2 Å². The van der Waals surface area contributed by atoms with Gasteiger partial charge in [0.1, 0.15) is 10.8 Å². The van der Waals surface area contributed by atoms with Gasteiger partial charge in [-0.15, -0.1) is 28.2 Å². The van der Waals surface area contributed by atoms with Crippen molar-refractivity contribution in [3.63, 3.8) is 0 Å². The summed E-state index contributed by atoms with van der Waals surface area (Å²) in [5.74, 6) is 0.842. The van der Waals surface area contributed by atoms with Gasteiger partial charge in [-0.2, -0.15) is 5.10 Å². The summed E-state index contributed by atoms with van der Waals surface area (Å²) in [6.07, 6.45) is 7.48. The molecule has 1 aromatic carbocycles. The summed E-state index contributed by atoms with van der Waals surface area (Å²) in [4.78, 5) is 1.13. The summed E-state index contributed by atoms with van der Waals surface area (Å²) >= 11 is 3.25. The van der Waals surface area contributed by atoms with Crippen molar-refractivity contribution in [2.75, 3.05) is 13.4 Å². The molecule has 0 aliphatic carbocycles. The van der Waals surface area contributed by atoms with E-state index in [1.54, 1.807) is 36.4 Å². The Hall–Kier alpha value is -1.85. The van der Waals surface area contributed by atoms with Gasteiger partial charge < -0.3 is 4.74 Å². The molecule has 21 heavy (non-hydrogen) atoms. The molecule has 0 saturated heterocycles. The van der Waals surface area contributed by atoms with Crippen LogP contribution in [0.5, 0.6) is 5.75 Å². The average molecular weight is 316 g/mol. The first-order valence-electron chi connectivity index (χ1n) is 6.33. The molecule has 0 aliphatic rings. The molecule has 2 aromatic rings. The van der Waals surface area contributed by atoms with Crippen molar-refractivity contribution >= 4 is 40.4 Å². The standard InChI is InChI=1S/C16H16N2OS2/c1-19-14-9-4-3-7-13(14)8-5-11-17-18-16(20-2)15-10-6-12-21-15/h3-12H,1-2H3/b8-5+,17-11+,18-16-. The minimum absolute atomic E-state index is 0.842. The number of hydrogen-bond donors (Lipinski definition) is 0. The van der Waals surface area contributed by atoms with Gasteiger partial charge in [-0.1, -0.05) is 24.3 Å². The second kappa shape index (κ2) is 8.44. The van der Waals surface area contributed by atoms with Crippen LogP contribution in [0.4, 0.5) is 0 Å². The fraction of sp³-hybridized carbons (Fsp3) is 0.125. The molecule has 0 N–H and O–H groups in total. The van der Waals surface area contributed by atoms with Crippen LogP contribution < -0.4 is 4.74 Å². The number of hydrogen-bond acceptors (Lipinski definition) is 5. The fourth-order valence-electron chi connectivity index (χ4n) is 1.67. The highest BCUT2D eigenvalue weighted by atomic mass is 32.2. The highest BCUT2D eigenvalue weighted by Crippen LogP contribution is 2.18. The maximum atomic E-state index is 5.28. The normalized spacial score (nSPS) is 12.4. The van der Waals surface area contributed by atoms with Crippen LogP contribution in [0.15, 0.2) is 58.1 Å². The Balaban J connectivity index is 2.03. The Morgan fingerprint density at radius 3 is 2.81 bits per heavy atom. The van der Waals surface area contributed by atoms with Crippen molar-refractivity contribution in [3.05, 3.63) is 58.3 Å². The lowest BCUT2D eigenvalue weighted by atomic mass is 10.2. The third kappa shape index (κ3) is 4.58. The fourth-order valence-corrected chi connectivity index (χ4v) is 3.06. The minimum Gasteiger partial charge on any atom is -0.496 e. The maximum absolute atomic E-state index is 5.28. The largest absolute Gasteiger partial charge is 0.496 e. The van der Waals surface area contributed by atoms with Gasteiger partial charge in [0.05, 0.1) is 12.0 Å². The van der Waals surface area contributed by atoms with Gasteiger partial charge in [0.25, 0.3) is 0 Å². The molecule has 0 aliphatic heterocycles. The van der Waals surface area contributed by atoms with E-state index < -0.39 is 0 Å². The molecule has 1 heterocycles. The van der Waals surface area contributed by atoms with Crippen LogP contribution in [-0.2, 0) is 0 Å². The van der Waals surface area contributed by atoms with Gasteiger partial charge in [-0.05, 0) is 35.9 Å². The Morgan fingerprint density at radius 2 is 2.10 bits per heavy atom. The van der Waals surface area contributed by atoms with Gasteiger partial charge in [-0.3, -0.25) is 0 Å². The number of para-hydroxylation sites is 1. The molecular formula is C16H16N2OS2. The second-order valence-electron chi connectivity index (χ2n) is 3.95. The number of thiophene rings is 1. The SMILES string of the molecule is COc1ccccc1/C=C/C=N/N=C(\SC)c1cccs1. The zero-order chi connectivity index (χ0) is 14.9. The van der Waals surface area contributed by atoms with Crippen LogP contribution in [-0.4, -0.2) is 24.6 Å². The van der Waals surface area contributed by atoms with Crippen molar-refractivity contribution in [1.82, 2.24) is 0 Å². The highest BCUT2D eigenvalue weighted by Gasteiger charge is 2.01. The lowest BCUT2D eigenvalue weighted by Gasteiger charge is -2.02. The number of nitrogens with zero attached hydrogens (tertiary/aromatic N) is 2. The quantitative estimate of drug-likeness (QED) is 0.460. The zero-order valence-corrected chi connectivity index (χ0v) is 13.5. The predicted molar refractivity (Wildman–Crippen MR) is 94.9 cm³/mol. The monoisotopic (exact) mass is 316 g/mol. The van der Waals surface area contributed by atoms with Crippen LogP contribution in [0.1, 0.15) is 10.4 Å². The van der Waals surface area contributed by atoms with E-state index >= 15 is 0 Å². The predicted octanol–water partition coefficient (Wildman–Crippen LogP) is 4.57. The first-order valence-corrected chi connectivity index (χ1v) is 8.44. The van der Waals surface area contributed by atoms with Crippen LogP contribution in [0, 0.1) is 0 Å². The summed E-state index contributed by atoms with van der Waals surface area (Å²) in [5.41, 5.74) is 1.01. The molecule has 5 heteroatoms. The van der Waals surface area contributed by atoms with Gasteiger partial charge in [0.2, 0.25) is 0 Å². The molecule has 0 fully saturated rings. The van der Waals surface area contributed by atoms with Gasteiger partial charge >= 0.3 is 0 Å². The Morgan fingerprint density at radius 1 is 1.24 bits per heavy atom. The van der Waals surface area contributed by atoms with Gasteiger partial charge in [-0.25, -0.2) is 0 Å². The molecule has 0 radical (unpaired) electrons. The highest BCUT2D eigenvalue weighted by molar-refractivity contribution is 8.14. The van der Waals surface area contributed by atoms with Crippen LogP contribution in [0.3, 0.4) is 0 Å². The third-order valence-corrected chi connectivity index (χ3v) is 4.34. The molecule has 0 bridgehead atoms. The van der Waals surface area contributed by atoms with E-state index in [-0.39, 0.29) is 0 Å². The van der Waals surface area contributed by atoms with E-state index in [4.69, 9.17) is 4.74 Å². The lowest BCUT2D eigenvalue weighted by molar-refractivity contribution is 0.414. The Labute approximate surface area is 133 Å². The summed E-state index contributed by atoms with van der Waals surface area (Å²) < 4.78 is 5.28. The van der Waals surface area contributed by atoms with Gasteiger partial charge in [0, 0.05) is 11.8 Å². The topological polar surface area (TPSA) is 34.0 Å². The molecule has 0 amide bonds. The molecule has 0 unspecified atom stereocenters. The number of rotatable bonds is 5. The number of methoxy groups -OCH3 is 1. The molecule has 108 valence electrons. The molecular weight excluding hydrogens is 300 g/mol. The smallest absolute Gasteiger partial charge is 0.136 e. The summed E-state index contributed by atoms with van der Waals surface area (Å²) in [6, 6.07) is 11.9. The van der Waals surface area contributed by atoms with E-state index in [2.05, 4.69) is 10.2 Å². The van der Waals surface area contributed by atoms with Crippen molar-refractivity contribution in [2.45, 2.75) is 0 Å². The van der Waals surface area contributed by atoms with Crippen LogP contribution in [0.2, 0.25) is 0 Å². The Bertz CT molecular complexity index is 646. The molecule has 0 spiro atoms. The van der Waals surface area contributed by atoms with Gasteiger partial charge in [0.15, 0.2) is 0 Å². The molecule has 0 saturated carbocycles. The van der Waals surface area contributed by atoms with Crippen molar-refractivity contribution < 1.29 is 4.74 Å². The zero-order valence-electron chi connectivity index (χ0n) is 11.9. The second-order valence-corrected chi connectivity index (χ2v) is 5.69. The number of thioether (sulfide) groups is 1. The number of benzene rings is 1. The lowest BCUT2D eigenvalue weighted by Crippen LogP contribution is -1.88. The van der Waals surface area contributed by atoms with E-state index in [1.807, 2.05) is 60.2 Å².